The van der Waals surface area contributed by atoms with Gasteiger partial charge in [0.1, 0.15) is 0 Å². The van der Waals surface area contributed by atoms with Crippen LogP contribution in [0.3, 0.4) is 0 Å². The Morgan fingerprint density at radius 1 is 1.43 bits per heavy atom. The van der Waals surface area contributed by atoms with Crippen LogP contribution in [0.4, 0.5) is 0 Å². The second kappa shape index (κ2) is 3.39. The molecule has 0 bridgehead atoms. The van der Waals surface area contributed by atoms with E-state index in [4.69, 9.17) is 5.73 Å². The van der Waals surface area contributed by atoms with Crippen LogP contribution < -0.4 is 5.73 Å². The summed E-state index contributed by atoms with van der Waals surface area (Å²) in [5, 5.41) is 0. The molecular formula is C13H19N. The fourth-order valence-electron chi connectivity index (χ4n) is 1.91. The number of benzene rings is 1. The molecule has 1 heteroatoms. The van der Waals surface area contributed by atoms with E-state index < -0.39 is 0 Å². The molecule has 1 saturated carbocycles. The van der Waals surface area contributed by atoms with E-state index in [9.17, 15) is 0 Å². The van der Waals surface area contributed by atoms with Gasteiger partial charge in [-0.15, -0.1) is 0 Å². The van der Waals surface area contributed by atoms with Crippen LogP contribution in [0, 0.1) is 12.3 Å². The minimum Gasteiger partial charge on any atom is -0.327 e. The van der Waals surface area contributed by atoms with Crippen molar-refractivity contribution in [2.75, 3.05) is 0 Å². The molecule has 1 aromatic carbocycles. The van der Waals surface area contributed by atoms with Gasteiger partial charge in [-0.2, -0.15) is 0 Å². The van der Waals surface area contributed by atoms with Gasteiger partial charge in [-0.25, -0.2) is 0 Å². The summed E-state index contributed by atoms with van der Waals surface area (Å²) in [6, 6.07) is 9.01. The molecule has 1 unspecified atom stereocenters. The van der Waals surface area contributed by atoms with Gasteiger partial charge < -0.3 is 5.73 Å². The van der Waals surface area contributed by atoms with Crippen LogP contribution in [-0.2, 0) is 6.42 Å². The van der Waals surface area contributed by atoms with E-state index in [2.05, 4.69) is 38.1 Å². The Balaban J connectivity index is 2.03. The molecule has 0 saturated heterocycles. The topological polar surface area (TPSA) is 26.0 Å². The number of nitrogens with two attached hydrogens (primary N) is 1. The highest BCUT2D eigenvalue weighted by Gasteiger charge is 2.42. The maximum atomic E-state index is 6.20. The maximum Gasteiger partial charge on any atom is 0.0133 e. The third-order valence-corrected chi connectivity index (χ3v) is 3.47. The fourth-order valence-corrected chi connectivity index (χ4v) is 1.91. The Morgan fingerprint density at radius 3 is 2.71 bits per heavy atom. The van der Waals surface area contributed by atoms with E-state index in [1.54, 1.807) is 0 Å². The molecule has 1 atom stereocenters. The second-order valence-electron chi connectivity index (χ2n) is 4.95. The molecule has 1 fully saturated rings. The van der Waals surface area contributed by atoms with E-state index in [0.29, 0.717) is 11.5 Å². The lowest BCUT2D eigenvalue weighted by Gasteiger charge is -2.18. The third kappa shape index (κ3) is 1.98. The van der Waals surface area contributed by atoms with E-state index in [-0.39, 0.29) is 0 Å². The van der Waals surface area contributed by atoms with Gasteiger partial charge in [0.15, 0.2) is 0 Å². The fraction of sp³-hybridized carbons (Fsp3) is 0.538. The molecule has 1 aliphatic carbocycles. The first-order chi connectivity index (χ1) is 6.60. The van der Waals surface area contributed by atoms with Gasteiger partial charge in [-0.1, -0.05) is 36.8 Å². The Labute approximate surface area is 86.3 Å². The monoisotopic (exact) mass is 189 g/mol. The van der Waals surface area contributed by atoms with Crippen molar-refractivity contribution in [3.05, 3.63) is 35.4 Å². The molecule has 2 rings (SSSR count). The summed E-state index contributed by atoms with van der Waals surface area (Å²) in [5.41, 5.74) is 9.34. The molecule has 0 spiro atoms. The quantitative estimate of drug-likeness (QED) is 0.777. The van der Waals surface area contributed by atoms with Crippen molar-refractivity contribution in [1.29, 1.82) is 0 Å². The van der Waals surface area contributed by atoms with Crippen LogP contribution in [0.15, 0.2) is 24.3 Å². The maximum absolute atomic E-state index is 6.20. The van der Waals surface area contributed by atoms with Crippen molar-refractivity contribution in [3.63, 3.8) is 0 Å². The van der Waals surface area contributed by atoms with Crippen molar-refractivity contribution in [3.8, 4) is 0 Å². The van der Waals surface area contributed by atoms with Crippen molar-refractivity contribution in [2.45, 2.75) is 39.2 Å². The molecule has 2 N–H and O–H groups in total. The van der Waals surface area contributed by atoms with Gasteiger partial charge in [0.25, 0.3) is 0 Å². The molecule has 0 aliphatic heterocycles. The van der Waals surface area contributed by atoms with Gasteiger partial charge in [0, 0.05) is 6.04 Å². The van der Waals surface area contributed by atoms with Crippen molar-refractivity contribution in [1.82, 2.24) is 0 Å². The third-order valence-electron chi connectivity index (χ3n) is 3.47. The normalized spacial score (nSPS) is 20.5. The standard InChI is InChI=1S/C13H19N/c1-10-4-3-5-11(8-10)9-12(14)13(2)6-7-13/h3-5,8,12H,6-7,9,14H2,1-2H3. The Morgan fingerprint density at radius 2 is 2.14 bits per heavy atom. The highest BCUT2D eigenvalue weighted by atomic mass is 14.7. The predicted molar refractivity (Wildman–Crippen MR) is 60.2 cm³/mol. The molecule has 0 aromatic heterocycles. The minimum atomic E-state index is 0.337. The SMILES string of the molecule is Cc1cccc(CC(N)C2(C)CC2)c1. The number of hydrogen-bond donors (Lipinski definition) is 1. The zero-order valence-electron chi connectivity index (χ0n) is 9.09. The largest absolute Gasteiger partial charge is 0.327 e. The Bertz CT molecular complexity index is 326. The predicted octanol–water partition coefficient (Wildman–Crippen LogP) is 2.66. The first kappa shape index (κ1) is 9.72. The molecule has 0 radical (unpaired) electrons. The van der Waals surface area contributed by atoms with Crippen LogP contribution in [0.2, 0.25) is 0 Å². The van der Waals surface area contributed by atoms with Crippen LogP contribution >= 0.6 is 0 Å². The van der Waals surface area contributed by atoms with Crippen molar-refractivity contribution >= 4 is 0 Å². The van der Waals surface area contributed by atoms with Crippen LogP contribution in [0.1, 0.15) is 30.9 Å². The lowest BCUT2D eigenvalue weighted by molar-refractivity contribution is 0.433. The summed E-state index contributed by atoms with van der Waals surface area (Å²) < 4.78 is 0. The molecule has 1 nitrogen and oxygen atoms in total. The first-order valence-electron chi connectivity index (χ1n) is 5.41. The zero-order valence-corrected chi connectivity index (χ0v) is 9.09. The van der Waals surface area contributed by atoms with Crippen LogP contribution in [0.5, 0.6) is 0 Å². The minimum absolute atomic E-state index is 0.337. The van der Waals surface area contributed by atoms with Crippen LogP contribution in [0.25, 0.3) is 0 Å². The van der Waals surface area contributed by atoms with Gasteiger partial charge in [-0.3, -0.25) is 0 Å². The average molecular weight is 189 g/mol. The first-order valence-corrected chi connectivity index (χ1v) is 5.41. The van der Waals surface area contributed by atoms with E-state index in [1.165, 1.54) is 24.0 Å². The summed E-state index contributed by atoms with van der Waals surface area (Å²) in [6.45, 7) is 4.43. The van der Waals surface area contributed by atoms with E-state index in [0.717, 1.165) is 6.42 Å². The highest BCUT2D eigenvalue weighted by Crippen LogP contribution is 2.48. The summed E-state index contributed by atoms with van der Waals surface area (Å²) in [4.78, 5) is 0. The summed E-state index contributed by atoms with van der Waals surface area (Å²) in [5.74, 6) is 0. The Kier molecular flexibility index (Phi) is 2.36. The molecule has 14 heavy (non-hydrogen) atoms. The van der Waals surface area contributed by atoms with Crippen molar-refractivity contribution < 1.29 is 0 Å². The molecule has 1 aromatic rings. The zero-order chi connectivity index (χ0) is 10.2. The van der Waals surface area contributed by atoms with E-state index in [1.807, 2.05) is 0 Å². The second-order valence-corrected chi connectivity index (χ2v) is 4.95. The average Bonchev–Trinajstić information content (AvgIpc) is 2.85. The number of hydrogen-bond acceptors (Lipinski definition) is 1. The molecule has 0 heterocycles. The summed E-state index contributed by atoms with van der Waals surface area (Å²) in [7, 11) is 0. The lowest BCUT2D eigenvalue weighted by atomic mass is 9.93. The molecular weight excluding hydrogens is 170 g/mol. The lowest BCUT2D eigenvalue weighted by Crippen LogP contribution is -2.31. The van der Waals surface area contributed by atoms with Gasteiger partial charge in [0.05, 0.1) is 0 Å². The molecule has 1 aliphatic rings. The molecule has 76 valence electrons. The van der Waals surface area contributed by atoms with Gasteiger partial charge >= 0.3 is 0 Å². The van der Waals surface area contributed by atoms with Gasteiger partial charge in [-0.05, 0) is 37.2 Å². The number of aryl methyl sites for hydroxylation is 1. The Hall–Kier alpha value is -0.820. The molecule has 0 amide bonds. The smallest absolute Gasteiger partial charge is 0.0133 e. The summed E-state index contributed by atoms with van der Waals surface area (Å²) >= 11 is 0. The summed E-state index contributed by atoms with van der Waals surface area (Å²) in [6.07, 6.45) is 3.64. The van der Waals surface area contributed by atoms with Crippen molar-refractivity contribution in [2.24, 2.45) is 11.1 Å². The van der Waals surface area contributed by atoms with Crippen LogP contribution in [-0.4, -0.2) is 6.04 Å². The highest BCUT2D eigenvalue weighted by molar-refractivity contribution is 5.23. The van der Waals surface area contributed by atoms with Gasteiger partial charge in [0.2, 0.25) is 0 Å². The van der Waals surface area contributed by atoms with E-state index >= 15 is 0 Å². The number of rotatable bonds is 3.